The average Bonchev–Trinajstić information content (AvgIpc) is 3.20. The number of Topliss-reactive ketones (excluding diaryl/α,β-unsaturated/α-hetero) is 1. The standard InChI is InChI=1S/C33H37NO6/c1-6-39-27-17-14-24(20-26(27)33(2,3)4)30(35)28-29(34(18-19-38-5)32(37)31(28)36)23-12-15-25(16-13-23)40-21-22-10-8-7-9-11-22/h7-17,20,29,35H,6,18-19,21H2,1-5H3/b30-28-. The molecule has 0 saturated carbocycles. The highest BCUT2D eigenvalue weighted by Gasteiger charge is 2.46. The van der Waals surface area contributed by atoms with Crippen molar-refractivity contribution in [2.24, 2.45) is 0 Å². The van der Waals surface area contributed by atoms with E-state index in [-0.39, 0.29) is 29.9 Å². The number of aliphatic hydroxyl groups is 1. The summed E-state index contributed by atoms with van der Waals surface area (Å²) in [6.45, 7) is 9.45. The van der Waals surface area contributed by atoms with E-state index < -0.39 is 17.7 Å². The van der Waals surface area contributed by atoms with E-state index in [1.807, 2.05) is 67.6 Å². The van der Waals surface area contributed by atoms with Crippen LogP contribution >= 0.6 is 0 Å². The molecular formula is C33H37NO6. The summed E-state index contributed by atoms with van der Waals surface area (Å²) >= 11 is 0. The number of likely N-dealkylation sites (tertiary alicyclic amines) is 1. The smallest absolute Gasteiger partial charge is 0.295 e. The molecule has 1 N–H and O–H groups in total. The van der Waals surface area contributed by atoms with Crippen molar-refractivity contribution in [3.8, 4) is 11.5 Å². The molecule has 1 aliphatic heterocycles. The fraction of sp³-hybridized carbons (Fsp3) is 0.333. The Hall–Kier alpha value is -4.10. The third kappa shape index (κ3) is 6.20. The highest BCUT2D eigenvalue weighted by Crippen LogP contribution is 2.41. The highest BCUT2D eigenvalue weighted by atomic mass is 16.5. The number of rotatable bonds is 10. The van der Waals surface area contributed by atoms with Crippen molar-refractivity contribution in [3.05, 3.63) is 101 Å². The number of methoxy groups -OCH3 is 1. The predicted molar refractivity (Wildman–Crippen MR) is 154 cm³/mol. The van der Waals surface area contributed by atoms with Gasteiger partial charge in [-0.15, -0.1) is 0 Å². The van der Waals surface area contributed by atoms with Crippen molar-refractivity contribution in [1.82, 2.24) is 4.90 Å². The van der Waals surface area contributed by atoms with Crippen molar-refractivity contribution in [3.63, 3.8) is 0 Å². The molecule has 1 amide bonds. The summed E-state index contributed by atoms with van der Waals surface area (Å²) in [6.07, 6.45) is 0. The Morgan fingerprint density at radius 2 is 1.65 bits per heavy atom. The second-order valence-electron chi connectivity index (χ2n) is 10.7. The van der Waals surface area contributed by atoms with E-state index >= 15 is 0 Å². The SMILES string of the molecule is CCOc1ccc(/C(O)=C2/C(=O)C(=O)N(CCOC)C2c2ccc(OCc3ccccc3)cc2)cc1C(C)(C)C. The zero-order valence-electron chi connectivity index (χ0n) is 23.8. The van der Waals surface area contributed by atoms with Gasteiger partial charge in [-0.25, -0.2) is 0 Å². The van der Waals surface area contributed by atoms with E-state index in [0.717, 1.165) is 16.9 Å². The zero-order valence-corrected chi connectivity index (χ0v) is 23.8. The molecule has 0 spiro atoms. The van der Waals surface area contributed by atoms with Gasteiger partial charge in [-0.05, 0) is 53.8 Å². The molecule has 3 aromatic carbocycles. The summed E-state index contributed by atoms with van der Waals surface area (Å²) in [5.74, 6) is -0.247. The first-order valence-electron chi connectivity index (χ1n) is 13.5. The Balaban J connectivity index is 1.74. The Labute approximate surface area is 236 Å². The number of nitrogens with zero attached hydrogens (tertiary/aromatic N) is 1. The molecule has 40 heavy (non-hydrogen) atoms. The average molecular weight is 544 g/mol. The highest BCUT2D eigenvalue weighted by molar-refractivity contribution is 6.46. The fourth-order valence-electron chi connectivity index (χ4n) is 4.83. The number of hydrogen-bond acceptors (Lipinski definition) is 6. The lowest BCUT2D eigenvalue weighted by molar-refractivity contribution is -0.140. The number of ketones is 1. The van der Waals surface area contributed by atoms with Crippen molar-refractivity contribution < 1.29 is 28.9 Å². The topological polar surface area (TPSA) is 85.3 Å². The second kappa shape index (κ2) is 12.4. The van der Waals surface area contributed by atoms with Gasteiger partial charge in [-0.2, -0.15) is 0 Å². The van der Waals surface area contributed by atoms with Gasteiger partial charge < -0.3 is 24.2 Å². The number of aliphatic hydroxyl groups excluding tert-OH is 1. The van der Waals surface area contributed by atoms with Gasteiger partial charge in [0.1, 0.15) is 23.9 Å². The number of carbonyl (C=O) groups excluding carboxylic acids is 2. The summed E-state index contributed by atoms with van der Waals surface area (Å²) in [4.78, 5) is 28.0. The van der Waals surface area contributed by atoms with Crippen LogP contribution in [0.4, 0.5) is 0 Å². The van der Waals surface area contributed by atoms with E-state index in [1.54, 1.807) is 19.2 Å². The van der Waals surface area contributed by atoms with Crippen molar-refractivity contribution in [1.29, 1.82) is 0 Å². The van der Waals surface area contributed by atoms with E-state index in [9.17, 15) is 14.7 Å². The number of ether oxygens (including phenoxy) is 3. The molecule has 7 heteroatoms. The summed E-state index contributed by atoms with van der Waals surface area (Å²) in [5.41, 5.74) is 2.84. The molecule has 0 aliphatic carbocycles. The van der Waals surface area contributed by atoms with Crippen LogP contribution in [0.25, 0.3) is 5.76 Å². The molecule has 7 nitrogen and oxygen atoms in total. The minimum Gasteiger partial charge on any atom is -0.507 e. The summed E-state index contributed by atoms with van der Waals surface area (Å²) in [5, 5.41) is 11.5. The maximum absolute atomic E-state index is 13.4. The normalized spacial score (nSPS) is 16.8. The lowest BCUT2D eigenvalue weighted by atomic mass is 9.84. The van der Waals surface area contributed by atoms with Gasteiger partial charge in [0.25, 0.3) is 11.7 Å². The van der Waals surface area contributed by atoms with E-state index in [0.29, 0.717) is 30.1 Å². The van der Waals surface area contributed by atoms with Crippen LogP contribution in [0.2, 0.25) is 0 Å². The van der Waals surface area contributed by atoms with Crippen LogP contribution < -0.4 is 9.47 Å². The minimum absolute atomic E-state index is 0.0445. The van der Waals surface area contributed by atoms with Crippen molar-refractivity contribution >= 4 is 17.4 Å². The van der Waals surface area contributed by atoms with Crippen LogP contribution in [0.1, 0.15) is 56.0 Å². The van der Waals surface area contributed by atoms with Gasteiger partial charge in [0.2, 0.25) is 0 Å². The summed E-state index contributed by atoms with van der Waals surface area (Å²) < 4.78 is 17.0. The number of hydrogen-bond donors (Lipinski definition) is 1. The zero-order chi connectivity index (χ0) is 28.9. The molecule has 0 radical (unpaired) electrons. The van der Waals surface area contributed by atoms with Gasteiger partial charge in [-0.1, -0.05) is 63.2 Å². The monoisotopic (exact) mass is 543 g/mol. The first kappa shape index (κ1) is 28.9. The molecule has 0 aromatic heterocycles. The largest absolute Gasteiger partial charge is 0.507 e. The molecule has 1 atom stereocenters. The molecule has 1 aliphatic rings. The molecule has 1 fully saturated rings. The number of benzene rings is 3. The van der Waals surface area contributed by atoms with E-state index in [1.165, 1.54) is 4.90 Å². The maximum Gasteiger partial charge on any atom is 0.295 e. The molecule has 4 rings (SSSR count). The lowest BCUT2D eigenvalue weighted by Gasteiger charge is -2.26. The maximum atomic E-state index is 13.4. The Bertz CT molecular complexity index is 1370. The molecule has 1 heterocycles. The third-order valence-electron chi connectivity index (χ3n) is 6.88. The molecule has 210 valence electrons. The Morgan fingerprint density at radius 1 is 0.950 bits per heavy atom. The Kier molecular flexibility index (Phi) is 8.95. The first-order valence-corrected chi connectivity index (χ1v) is 13.5. The van der Waals surface area contributed by atoms with Crippen LogP contribution in [0.5, 0.6) is 11.5 Å². The quantitative estimate of drug-likeness (QED) is 0.191. The van der Waals surface area contributed by atoms with E-state index in [2.05, 4.69) is 20.8 Å². The molecule has 1 saturated heterocycles. The molecular weight excluding hydrogens is 506 g/mol. The van der Waals surface area contributed by atoms with Gasteiger partial charge in [0, 0.05) is 24.8 Å². The van der Waals surface area contributed by atoms with Crippen LogP contribution in [0.3, 0.4) is 0 Å². The predicted octanol–water partition coefficient (Wildman–Crippen LogP) is 6.03. The van der Waals surface area contributed by atoms with Crippen LogP contribution in [0, 0.1) is 0 Å². The van der Waals surface area contributed by atoms with Gasteiger partial charge in [-0.3, -0.25) is 9.59 Å². The molecule has 0 bridgehead atoms. The number of carbonyl (C=O) groups is 2. The van der Waals surface area contributed by atoms with Crippen molar-refractivity contribution in [2.45, 2.75) is 45.8 Å². The van der Waals surface area contributed by atoms with Gasteiger partial charge in [0.05, 0.1) is 24.8 Å². The lowest BCUT2D eigenvalue weighted by Crippen LogP contribution is -2.32. The first-order chi connectivity index (χ1) is 19.2. The van der Waals surface area contributed by atoms with Gasteiger partial charge in [0.15, 0.2) is 0 Å². The Morgan fingerprint density at radius 3 is 2.27 bits per heavy atom. The number of amides is 1. The fourth-order valence-corrected chi connectivity index (χ4v) is 4.83. The van der Waals surface area contributed by atoms with Crippen LogP contribution in [-0.2, 0) is 26.3 Å². The summed E-state index contributed by atoms with van der Waals surface area (Å²) in [7, 11) is 1.54. The summed E-state index contributed by atoms with van der Waals surface area (Å²) in [6, 6.07) is 21.7. The third-order valence-corrected chi connectivity index (χ3v) is 6.88. The van der Waals surface area contributed by atoms with Crippen LogP contribution in [0.15, 0.2) is 78.4 Å². The van der Waals surface area contributed by atoms with E-state index in [4.69, 9.17) is 14.2 Å². The van der Waals surface area contributed by atoms with Gasteiger partial charge >= 0.3 is 0 Å². The molecule has 3 aromatic rings. The van der Waals surface area contributed by atoms with Crippen LogP contribution in [-0.4, -0.2) is 48.6 Å². The molecule has 1 unspecified atom stereocenters. The second-order valence-corrected chi connectivity index (χ2v) is 10.7. The minimum atomic E-state index is -0.775. The van der Waals surface area contributed by atoms with Crippen molar-refractivity contribution in [2.75, 3.05) is 26.9 Å².